The first-order valence-electron chi connectivity index (χ1n) is 6.19. The minimum absolute atomic E-state index is 0.212. The molecule has 0 N–H and O–H groups in total. The van der Waals surface area contributed by atoms with Gasteiger partial charge in [0.2, 0.25) is 0 Å². The second kappa shape index (κ2) is 4.30. The Balaban J connectivity index is 2.23. The molecule has 0 fully saturated rings. The molecule has 1 aliphatic heterocycles. The predicted molar refractivity (Wildman–Crippen MR) is 70.2 cm³/mol. The number of fused-ring (bicyclic) bond motifs is 2. The molecule has 90 valence electrons. The van der Waals surface area contributed by atoms with Crippen molar-refractivity contribution in [3.05, 3.63) is 59.2 Å². The number of para-hydroxylation sites is 2. The molecule has 0 aromatic heterocycles. The van der Waals surface area contributed by atoms with Crippen LogP contribution in [0.5, 0.6) is 11.5 Å². The Bertz CT molecular complexity index is 602. The van der Waals surface area contributed by atoms with Gasteiger partial charge in [0.15, 0.2) is 0 Å². The Kier molecular flexibility index (Phi) is 2.63. The molecule has 0 aliphatic carbocycles. The van der Waals surface area contributed by atoms with Crippen molar-refractivity contribution in [3.63, 3.8) is 0 Å². The van der Waals surface area contributed by atoms with Crippen molar-refractivity contribution < 1.29 is 9.53 Å². The highest BCUT2D eigenvalue weighted by Crippen LogP contribution is 2.44. The van der Waals surface area contributed by atoms with Crippen LogP contribution in [-0.2, 0) is 11.2 Å². The van der Waals surface area contributed by atoms with Crippen LogP contribution in [0.4, 0.5) is 0 Å². The summed E-state index contributed by atoms with van der Waals surface area (Å²) in [6.45, 7) is 2.09. The number of hydrogen-bond donors (Lipinski definition) is 0. The molecule has 1 heterocycles. The first kappa shape index (κ1) is 11.0. The van der Waals surface area contributed by atoms with E-state index in [2.05, 4.69) is 13.0 Å². The minimum Gasteiger partial charge on any atom is -0.456 e. The summed E-state index contributed by atoms with van der Waals surface area (Å²) < 4.78 is 5.97. The van der Waals surface area contributed by atoms with Gasteiger partial charge in [-0.05, 0) is 18.1 Å². The SMILES string of the molecule is CCc1cccc2c1Oc1ccccc1C2C=O. The summed E-state index contributed by atoms with van der Waals surface area (Å²) in [6, 6.07) is 13.8. The maximum absolute atomic E-state index is 11.4. The van der Waals surface area contributed by atoms with E-state index in [9.17, 15) is 4.79 Å². The van der Waals surface area contributed by atoms with E-state index in [1.807, 2.05) is 36.4 Å². The van der Waals surface area contributed by atoms with Crippen molar-refractivity contribution in [3.8, 4) is 11.5 Å². The fraction of sp³-hybridized carbons (Fsp3) is 0.188. The van der Waals surface area contributed by atoms with Gasteiger partial charge in [-0.25, -0.2) is 0 Å². The Hall–Kier alpha value is -2.09. The van der Waals surface area contributed by atoms with E-state index in [4.69, 9.17) is 4.74 Å². The normalized spacial score (nSPS) is 16.4. The summed E-state index contributed by atoms with van der Waals surface area (Å²) in [5, 5.41) is 0. The molecule has 2 nitrogen and oxygen atoms in total. The summed E-state index contributed by atoms with van der Waals surface area (Å²) in [4.78, 5) is 11.4. The number of aldehydes is 1. The van der Waals surface area contributed by atoms with Gasteiger partial charge in [-0.2, -0.15) is 0 Å². The maximum atomic E-state index is 11.4. The second-order valence-corrected chi connectivity index (χ2v) is 4.44. The van der Waals surface area contributed by atoms with Gasteiger partial charge < -0.3 is 9.53 Å². The van der Waals surface area contributed by atoms with Gasteiger partial charge in [-0.1, -0.05) is 43.3 Å². The molecule has 2 heteroatoms. The largest absolute Gasteiger partial charge is 0.456 e. The number of carbonyl (C=O) groups excluding carboxylic acids is 1. The molecule has 1 aliphatic rings. The Labute approximate surface area is 106 Å². The van der Waals surface area contributed by atoms with Gasteiger partial charge in [0.25, 0.3) is 0 Å². The summed E-state index contributed by atoms with van der Waals surface area (Å²) in [7, 11) is 0. The molecule has 0 radical (unpaired) electrons. The summed E-state index contributed by atoms with van der Waals surface area (Å²) >= 11 is 0. The van der Waals surface area contributed by atoms with E-state index in [1.165, 1.54) is 0 Å². The summed E-state index contributed by atoms with van der Waals surface area (Å²) in [5.74, 6) is 1.44. The lowest BCUT2D eigenvalue weighted by Gasteiger charge is -2.26. The van der Waals surface area contributed by atoms with Gasteiger partial charge in [0, 0.05) is 11.1 Å². The number of hydrogen-bond acceptors (Lipinski definition) is 2. The van der Waals surface area contributed by atoms with E-state index in [-0.39, 0.29) is 5.92 Å². The predicted octanol–water partition coefficient (Wildman–Crippen LogP) is 3.69. The van der Waals surface area contributed by atoms with Gasteiger partial charge in [-0.3, -0.25) is 0 Å². The van der Waals surface area contributed by atoms with Crippen LogP contribution in [0.1, 0.15) is 29.5 Å². The van der Waals surface area contributed by atoms with Crippen molar-refractivity contribution in [1.82, 2.24) is 0 Å². The van der Waals surface area contributed by atoms with Crippen LogP contribution in [0.3, 0.4) is 0 Å². The zero-order valence-electron chi connectivity index (χ0n) is 10.2. The fourth-order valence-electron chi connectivity index (χ4n) is 2.51. The number of carbonyl (C=O) groups is 1. The highest BCUT2D eigenvalue weighted by Gasteiger charge is 2.27. The molecule has 0 amide bonds. The molecule has 1 atom stereocenters. The molecule has 0 saturated carbocycles. The zero-order chi connectivity index (χ0) is 12.5. The number of ether oxygens (including phenoxy) is 1. The highest BCUT2D eigenvalue weighted by molar-refractivity contribution is 5.74. The van der Waals surface area contributed by atoms with Crippen molar-refractivity contribution in [2.45, 2.75) is 19.3 Å². The lowest BCUT2D eigenvalue weighted by molar-refractivity contribution is -0.108. The first-order valence-corrected chi connectivity index (χ1v) is 6.19. The van der Waals surface area contributed by atoms with E-state index in [0.717, 1.165) is 40.9 Å². The van der Waals surface area contributed by atoms with Crippen molar-refractivity contribution in [2.75, 3.05) is 0 Å². The Morgan fingerprint density at radius 3 is 2.67 bits per heavy atom. The Morgan fingerprint density at radius 2 is 1.89 bits per heavy atom. The van der Waals surface area contributed by atoms with Gasteiger partial charge >= 0.3 is 0 Å². The summed E-state index contributed by atoms with van der Waals surface area (Å²) in [5.41, 5.74) is 3.07. The van der Waals surface area contributed by atoms with Gasteiger partial charge in [0.05, 0.1) is 5.92 Å². The first-order chi connectivity index (χ1) is 8.85. The van der Waals surface area contributed by atoms with Gasteiger partial charge in [0.1, 0.15) is 17.8 Å². The fourth-order valence-corrected chi connectivity index (χ4v) is 2.51. The topological polar surface area (TPSA) is 26.3 Å². The van der Waals surface area contributed by atoms with Gasteiger partial charge in [-0.15, -0.1) is 0 Å². The number of aryl methyl sites for hydroxylation is 1. The van der Waals surface area contributed by atoms with Crippen LogP contribution in [0, 0.1) is 0 Å². The molecule has 2 aromatic rings. The van der Waals surface area contributed by atoms with E-state index >= 15 is 0 Å². The van der Waals surface area contributed by atoms with Crippen LogP contribution >= 0.6 is 0 Å². The third-order valence-corrected chi connectivity index (χ3v) is 3.45. The molecular formula is C16H14O2. The van der Waals surface area contributed by atoms with E-state index < -0.39 is 0 Å². The molecule has 1 unspecified atom stereocenters. The van der Waals surface area contributed by atoms with Crippen LogP contribution in [0.25, 0.3) is 0 Å². The molecule has 2 aromatic carbocycles. The summed E-state index contributed by atoms with van der Waals surface area (Å²) in [6.07, 6.45) is 1.90. The molecular weight excluding hydrogens is 224 g/mol. The third kappa shape index (κ3) is 1.53. The molecule has 3 rings (SSSR count). The van der Waals surface area contributed by atoms with Crippen molar-refractivity contribution in [1.29, 1.82) is 0 Å². The third-order valence-electron chi connectivity index (χ3n) is 3.45. The molecule has 0 spiro atoms. The zero-order valence-corrected chi connectivity index (χ0v) is 10.2. The minimum atomic E-state index is -0.212. The monoisotopic (exact) mass is 238 g/mol. The van der Waals surface area contributed by atoms with Crippen LogP contribution < -0.4 is 4.74 Å². The second-order valence-electron chi connectivity index (χ2n) is 4.44. The van der Waals surface area contributed by atoms with Crippen LogP contribution in [0.15, 0.2) is 42.5 Å². The van der Waals surface area contributed by atoms with Crippen molar-refractivity contribution in [2.24, 2.45) is 0 Å². The van der Waals surface area contributed by atoms with E-state index in [1.54, 1.807) is 0 Å². The highest BCUT2D eigenvalue weighted by atomic mass is 16.5. The van der Waals surface area contributed by atoms with Crippen LogP contribution in [-0.4, -0.2) is 6.29 Å². The van der Waals surface area contributed by atoms with E-state index in [0.29, 0.717) is 0 Å². The molecule has 0 saturated heterocycles. The molecule has 18 heavy (non-hydrogen) atoms. The lowest BCUT2D eigenvalue weighted by atomic mass is 9.87. The maximum Gasteiger partial charge on any atom is 0.134 e. The quantitative estimate of drug-likeness (QED) is 0.746. The van der Waals surface area contributed by atoms with Crippen molar-refractivity contribution >= 4 is 6.29 Å². The molecule has 0 bridgehead atoms. The number of benzene rings is 2. The average Bonchev–Trinajstić information content (AvgIpc) is 2.44. The lowest BCUT2D eigenvalue weighted by Crippen LogP contribution is -2.12. The number of rotatable bonds is 2. The van der Waals surface area contributed by atoms with Crippen LogP contribution in [0.2, 0.25) is 0 Å². The average molecular weight is 238 g/mol. The standard InChI is InChI=1S/C16H14O2/c1-2-11-6-5-8-13-14(10-17)12-7-3-4-9-15(12)18-16(11)13/h3-10,14H,2H2,1H3. The Morgan fingerprint density at radius 1 is 1.11 bits per heavy atom. The smallest absolute Gasteiger partial charge is 0.134 e.